The number of esters is 1. The van der Waals surface area contributed by atoms with Crippen molar-refractivity contribution in [3.05, 3.63) is 47.0 Å². The second-order valence-electron chi connectivity index (χ2n) is 6.90. The molecule has 0 saturated heterocycles. The summed E-state index contributed by atoms with van der Waals surface area (Å²) in [5.74, 6) is -0.270. The van der Waals surface area contributed by atoms with Gasteiger partial charge in [0.05, 0.1) is 5.41 Å². The van der Waals surface area contributed by atoms with Crippen LogP contribution in [0.5, 0.6) is 0 Å². The van der Waals surface area contributed by atoms with Gasteiger partial charge in [-0.05, 0) is 45.6 Å². The Labute approximate surface area is 125 Å². The minimum atomic E-state index is -0.688. The summed E-state index contributed by atoms with van der Waals surface area (Å²) in [7, 11) is 0. The standard InChI is InChI=1S/C18H20O3/c1-17(2,3)21-16(20)14-9-6-10-18(14)11-12-7-4-5-8-13(12)15(18)19/h4-5,7-9H,6,10-11H2,1-3H3. The number of allylic oxidation sites excluding steroid dienone is 1. The molecule has 1 atom stereocenters. The Balaban J connectivity index is 1.95. The molecule has 1 aromatic rings. The van der Waals surface area contributed by atoms with Crippen LogP contribution in [0.2, 0.25) is 0 Å². The first-order valence-corrected chi connectivity index (χ1v) is 7.40. The van der Waals surface area contributed by atoms with Crippen LogP contribution in [0, 0.1) is 5.41 Å². The first kappa shape index (κ1) is 14.1. The van der Waals surface area contributed by atoms with E-state index in [0.717, 1.165) is 17.5 Å². The average molecular weight is 284 g/mol. The molecule has 2 aliphatic carbocycles. The maximum Gasteiger partial charge on any atom is 0.335 e. The highest BCUT2D eigenvalue weighted by molar-refractivity contribution is 6.12. The summed E-state index contributed by atoms with van der Waals surface area (Å²) in [5.41, 5.74) is 1.12. The van der Waals surface area contributed by atoms with Crippen LogP contribution < -0.4 is 0 Å². The molecule has 0 amide bonds. The minimum Gasteiger partial charge on any atom is -0.457 e. The van der Waals surface area contributed by atoms with Crippen LogP contribution in [-0.2, 0) is 16.0 Å². The van der Waals surface area contributed by atoms with Gasteiger partial charge in [-0.3, -0.25) is 4.79 Å². The summed E-state index contributed by atoms with van der Waals surface area (Å²) in [6.45, 7) is 5.54. The second kappa shape index (κ2) is 4.55. The molecule has 3 nitrogen and oxygen atoms in total. The molecule has 0 saturated carbocycles. The fraction of sp³-hybridized carbons (Fsp3) is 0.444. The maximum absolute atomic E-state index is 12.9. The van der Waals surface area contributed by atoms with E-state index in [1.807, 2.05) is 51.1 Å². The summed E-state index contributed by atoms with van der Waals surface area (Å²) in [6.07, 6.45) is 3.97. The highest BCUT2D eigenvalue weighted by Crippen LogP contribution is 2.50. The molecule has 1 aromatic carbocycles. The van der Waals surface area contributed by atoms with E-state index in [4.69, 9.17) is 4.74 Å². The number of fused-ring (bicyclic) bond motifs is 1. The second-order valence-corrected chi connectivity index (χ2v) is 6.90. The Hall–Kier alpha value is -1.90. The van der Waals surface area contributed by atoms with Crippen LogP contribution >= 0.6 is 0 Å². The van der Waals surface area contributed by atoms with Gasteiger partial charge in [0.1, 0.15) is 5.60 Å². The maximum atomic E-state index is 12.9. The summed E-state index contributed by atoms with van der Waals surface area (Å²) in [6, 6.07) is 7.66. The number of ether oxygens (including phenoxy) is 1. The van der Waals surface area contributed by atoms with Crippen LogP contribution in [0.1, 0.15) is 49.5 Å². The van der Waals surface area contributed by atoms with Crippen molar-refractivity contribution in [2.24, 2.45) is 5.41 Å². The van der Waals surface area contributed by atoms with Crippen molar-refractivity contribution in [2.45, 2.75) is 45.6 Å². The van der Waals surface area contributed by atoms with Crippen LogP contribution in [0.3, 0.4) is 0 Å². The zero-order chi connectivity index (χ0) is 15.3. The molecule has 0 heterocycles. The Morgan fingerprint density at radius 3 is 2.62 bits per heavy atom. The van der Waals surface area contributed by atoms with Gasteiger partial charge in [-0.2, -0.15) is 0 Å². The third kappa shape index (κ3) is 2.21. The predicted molar refractivity (Wildman–Crippen MR) is 80.1 cm³/mol. The van der Waals surface area contributed by atoms with Crippen LogP contribution in [-0.4, -0.2) is 17.4 Å². The van der Waals surface area contributed by atoms with Crippen molar-refractivity contribution in [1.82, 2.24) is 0 Å². The largest absolute Gasteiger partial charge is 0.457 e. The van der Waals surface area contributed by atoms with E-state index in [-0.39, 0.29) is 11.8 Å². The third-order valence-electron chi connectivity index (χ3n) is 4.24. The molecule has 3 heteroatoms. The van der Waals surface area contributed by atoms with Gasteiger partial charge < -0.3 is 4.74 Å². The van der Waals surface area contributed by atoms with E-state index in [0.29, 0.717) is 18.4 Å². The first-order chi connectivity index (χ1) is 9.83. The molecule has 0 N–H and O–H groups in total. The highest BCUT2D eigenvalue weighted by Gasteiger charge is 2.52. The molecule has 110 valence electrons. The van der Waals surface area contributed by atoms with Gasteiger partial charge in [0, 0.05) is 11.1 Å². The van der Waals surface area contributed by atoms with Crippen LogP contribution in [0.25, 0.3) is 0 Å². The number of hydrogen-bond donors (Lipinski definition) is 0. The number of rotatable bonds is 1. The molecule has 0 aliphatic heterocycles. The van der Waals surface area contributed by atoms with E-state index in [2.05, 4.69) is 0 Å². The van der Waals surface area contributed by atoms with E-state index >= 15 is 0 Å². The SMILES string of the molecule is CC(C)(C)OC(=O)C1=CCCC12Cc1ccccc1C2=O. The Morgan fingerprint density at radius 1 is 1.24 bits per heavy atom. The lowest BCUT2D eigenvalue weighted by Crippen LogP contribution is -2.35. The fourth-order valence-electron chi connectivity index (χ4n) is 3.38. The van der Waals surface area contributed by atoms with Gasteiger partial charge in [0.15, 0.2) is 5.78 Å². The van der Waals surface area contributed by atoms with Gasteiger partial charge >= 0.3 is 5.97 Å². The summed E-state index contributed by atoms with van der Waals surface area (Å²) in [4.78, 5) is 25.3. The Kier molecular flexibility index (Phi) is 3.05. The topological polar surface area (TPSA) is 43.4 Å². The summed E-state index contributed by atoms with van der Waals surface area (Å²) < 4.78 is 5.50. The zero-order valence-corrected chi connectivity index (χ0v) is 12.7. The lowest BCUT2D eigenvalue weighted by Gasteiger charge is -2.27. The minimum absolute atomic E-state index is 0.0766. The molecule has 0 radical (unpaired) electrons. The van der Waals surface area contributed by atoms with Crippen molar-refractivity contribution in [2.75, 3.05) is 0 Å². The number of hydrogen-bond acceptors (Lipinski definition) is 3. The molecular formula is C18H20O3. The molecule has 0 aromatic heterocycles. The number of ketones is 1. The molecule has 1 spiro atoms. The van der Waals surface area contributed by atoms with Crippen molar-refractivity contribution < 1.29 is 14.3 Å². The normalized spacial score (nSPS) is 24.1. The fourth-order valence-corrected chi connectivity index (χ4v) is 3.38. The van der Waals surface area contributed by atoms with E-state index in [1.165, 1.54) is 0 Å². The van der Waals surface area contributed by atoms with E-state index in [9.17, 15) is 9.59 Å². The van der Waals surface area contributed by atoms with Crippen LogP contribution in [0.15, 0.2) is 35.9 Å². The molecule has 21 heavy (non-hydrogen) atoms. The summed E-state index contributed by atoms with van der Waals surface area (Å²) >= 11 is 0. The van der Waals surface area contributed by atoms with Gasteiger partial charge in [0.25, 0.3) is 0 Å². The van der Waals surface area contributed by atoms with Crippen molar-refractivity contribution in [3.8, 4) is 0 Å². The Morgan fingerprint density at radius 2 is 1.95 bits per heavy atom. The molecule has 0 bridgehead atoms. The monoisotopic (exact) mass is 284 g/mol. The van der Waals surface area contributed by atoms with Crippen molar-refractivity contribution in [1.29, 1.82) is 0 Å². The summed E-state index contributed by atoms with van der Waals surface area (Å²) in [5, 5.41) is 0. The predicted octanol–water partition coefficient (Wildman–Crippen LogP) is 3.47. The van der Waals surface area contributed by atoms with Gasteiger partial charge in [-0.15, -0.1) is 0 Å². The molecule has 0 fully saturated rings. The highest BCUT2D eigenvalue weighted by atomic mass is 16.6. The van der Waals surface area contributed by atoms with Gasteiger partial charge in [-0.1, -0.05) is 30.3 Å². The molecule has 3 rings (SSSR count). The molecular weight excluding hydrogens is 264 g/mol. The number of carbonyl (C=O) groups excluding carboxylic acids is 2. The number of Topliss-reactive ketones (excluding diaryl/α,β-unsaturated/α-hetero) is 1. The number of carbonyl (C=O) groups is 2. The lowest BCUT2D eigenvalue weighted by molar-refractivity contribution is -0.150. The van der Waals surface area contributed by atoms with Crippen molar-refractivity contribution >= 4 is 11.8 Å². The third-order valence-corrected chi connectivity index (χ3v) is 4.24. The van der Waals surface area contributed by atoms with E-state index in [1.54, 1.807) is 0 Å². The Bertz CT molecular complexity index is 649. The van der Waals surface area contributed by atoms with E-state index < -0.39 is 11.0 Å². The lowest BCUT2D eigenvalue weighted by atomic mass is 9.77. The van der Waals surface area contributed by atoms with Gasteiger partial charge in [-0.25, -0.2) is 4.79 Å². The van der Waals surface area contributed by atoms with Crippen LogP contribution in [0.4, 0.5) is 0 Å². The number of benzene rings is 1. The molecule has 2 aliphatic rings. The zero-order valence-electron chi connectivity index (χ0n) is 12.7. The quantitative estimate of drug-likeness (QED) is 0.742. The smallest absolute Gasteiger partial charge is 0.335 e. The van der Waals surface area contributed by atoms with Crippen molar-refractivity contribution in [3.63, 3.8) is 0 Å². The van der Waals surface area contributed by atoms with Gasteiger partial charge in [0.2, 0.25) is 0 Å². The molecule has 1 unspecified atom stereocenters. The average Bonchev–Trinajstić information content (AvgIpc) is 2.92. The first-order valence-electron chi connectivity index (χ1n) is 7.40.